The Labute approximate surface area is 178 Å². The molecule has 5 nitrogen and oxygen atoms in total. The molecule has 0 saturated heterocycles. The molecule has 1 saturated carbocycles. The van der Waals surface area contributed by atoms with Gasteiger partial charge < -0.3 is 9.88 Å². The molecule has 4 rings (SSSR count). The highest BCUT2D eigenvalue weighted by Gasteiger charge is 2.23. The van der Waals surface area contributed by atoms with Crippen LogP contribution in [0.3, 0.4) is 0 Å². The fourth-order valence-corrected chi connectivity index (χ4v) is 4.48. The van der Waals surface area contributed by atoms with Gasteiger partial charge in [0.2, 0.25) is 0 Å². The van der Waals surface area contributed by atoms with E-state index in [1.165, 1.54) is 5.56 Å². The summed E-state index contributed by atoms with van der Waals surface area (Å²) in [7, 11) is 1.92. The molecule has 2 aromatic heterocycles. The molecule has 1 aliphatic carbocycles. The highest BCUT2D eigenvalue weighted by Crippen LogP contribution is 2.34. The van der Waals surface area contributed by atoms with Crippen molar-refractivity contribution in [1.29, 1.82) is 0 Å². The fraction of sp³-hybridized carbons (Fsp3) is 0.440. The van der Waals surface area contributed by atoms with Crippen molar-refractivity contribution >= 4 is 5.69 Å². The van der Waals surface area contributed by atoms with Crippen molar-refractivity contribution in [3.05, 3.63) is 70.9 Å². The first kappa shape index (κ1) is 20.5. The van der Waals surface area contributed by atoms with E-state index >= 15 is 0 Å². The van der Waals surface area contributed by atoms with Crippen LogP contribution >= 0.6 is 0 Å². The van der Waals surface area contributed by atoms with E-state index in [0.29, 0.717) is 12.0 Å². The molecule has 30 heavy (non-hydrogen) atoms. The number of anilines is 1. The molecule has 1 fully saturated rings. The molecule has 3 aromatic rings. The predicted octanol–water partition coefficient (Wildman–Crippen LogP) is 5.19. The molecule has 0 unspecified atom stereocenters. The number of aromatic nitrogens is 3. The van der Waals surface area contributed by atoms with Gasteiger partial charge >= 0.3 is 0 Å². The number of aryl methyl sites for hydroxylation is 2. The summed E-state index contributed by atoms with van der Waals surface area (Å²) >= 11 is 0. The Kier molecular flexibility index (Phi) is 6.36. The molecule has 158 valence electrons. The monoisotopic (exact) mass is 404 g/mol. The minimum Gasteiger partial charge on any atom is -0.378 e. The Morgan fingerprint density at radius 3 is 2.50 bits per heavy atom. The van der Waals surface area contributed by atoms with Gasteiger partial charge in [0, 0.05) is 43.2 Å². The SMILES string of the molecule is CCCCn1cc(-c2cnn(C)c2)cc(N[C@H]2CC[C@@H](c3ccccc3)CC2)c1=O. The molecule has 2 heterocycles. The van der Waals surface area contributed by atoms with Crippen molar-refractivity contribution in [3.8, 4) is 11.1 Å². The van der Waals surface area contributed by atoms with Gasteiger partial charge in [-0.05, 0) is 49.7 Å². The summed E-state index contributed by atoms with van der Waals surface area (Å²) in [5.74, 6) is 0.632. The molecule has 0 radical (unpaired) electrons. The number of nitrogens with one attached hydrogen (secondary N) is 1. The van der Waals surface area contributed by atoms with Crippen LogP contribution in [-0.4, -0.2) is 20.4 Å². The van der Waals surface area contributed by atoms with Crippen molar-refractivity contribution in [3.63, 3.8) is 0 Å². The highest BCUT2D eigenvalue weighted by atomic mass is 16.1. The normalized spacial score (nSPS) is 19.0. The molecular weight excluding hydrogens is 372 g/mol. The summed E-state index contributed by atoms with van der Waals surface area (Å²) < 4.78 is 3.67. The van der Waals surface area contributed by atoms with E-state index in [9.17, 15) is 4.79 Å². The number of rotatable bonds is 7. The molecular formula is C25H32N4O. The Balaban J connectivity index is 1.52. The third kappa shape index (κ3) is 4.66. The second-order valence-corrected chi connectivity index (χ2v) is 8.50. The highest BCUT2D eigenvalue weighted by molar-refractivity contribution is 5.65. The zero-order valence-electron chi connectivity index (χ0n) is 18.1. The van der Waals surface area contributed by atoms with E-state index in [0.717, 1.165) is 61.9 Å². The Bertz CT molecular complexity index is 1010. The molecule has 0 atom stereocenters. The van der Waals surface area contributed by atoms with Crippen LogP contribution in [0.2, 0.25) is 0 Å². The first-order chi connectivity index (χ1) is 14.6. The van der Waals surface area contributed by atoms with Crippen LogP contribution < -0.4 is 10.9 Å². The summed E-state index contributed by atoms with van der Waals surface area (Å²) in [4.78, 5) is 13.1. The summed E-state index contributed by atoms with van der Waals surface area (Å²) in [6, 6.07) is 13.2. The molecule has 5 heteroatoms. The molecule has 0 bridgehead atoms. The Hall–Kier alpha value is -2.82. The predicted molar refractivity (Wildman–Crippen MR) is 123 cm³/mol. The van der Waals surface area contributed by atoms with Gasteiger partial charge in [-0.15, -0.1) is 0 Å². The standard InChI is InChI=1S/C25H32N4O/c1-3-4-14-29-18-21(22-16-26-28(2)17-22)15-24(25(29)30)27-23-12-10-20(11-13-23)19-8-6-5-7-9-19/h5-9,15-18,20,23,27H,3-4,10-14H2,1-2H3/t20-,23+. The molecule has 0 amide bonds. The zero-order chi connectivity index (χ0) is 20.9. The summed E-state index contributed by atoms with van der Waals surface area (Å²) in [6.45, 7) is 2.90. The van der Waals surface area contributed by atoms with E-state index in [2.05, 4.69) is 47.7 Å². The molecule has 1 aliphatic rings. The number of hydrogen-bond donors (Lipinski definition) is 1. The first-order valence-corrected chi connectivity index (χ1v) is 11.2. The van der Waals surface area contributed by atoms with E-state index < -0.39 is 0 Å². The molecule has 0 aliphatic heterocycles. The zero-order valence-corrected chi connectivity index (χ0v) is 18.1. The average molecular weight is 405 g/mol. The minimum atomic E-state index is 0.0845. The van der Waals surface area contributed by atoms with Gasteiger partial charge in [0.15, 0.2) is 0 Å². The lowest BCUT2D eigenvalue weighted by molar-refractivity contribution is 0.412. The largest absolute Gasteiger partial charge is 0.378 e. The first-order valence-electron chi connectivity index (χ1n) is 11.2. The number of hydrogen-bond acceptors (Lipinski definition) is 3. The van der Waals surface area contributed by atoms with Crippen molar-refractivity contribution in [2.75, 3.05) is 5.32 Å². The van der Waals surface area contributed by atoms with E-state index in [1.54, 1.807) is 4.68 Å². The fourth-order valence-electron chi connectivity index (χ4n) is 4.48. The van der Waals surface area contributed by atoms with Crippen LogP contribution in [-0.2, 0) is 13.6 Å². The minimum absolute atomic E-state index is 0.0845. The van der Waals surface area contributed by atoms with Crippen LogP contribution in [0.1, 0.15) is 56.9 Å². The lowest BCUT2D eigenvalue weighted by Gasteiger charge is -2.30. The summed E-state index contributed by atoms with van der Waals surface area (Å²) in [5.41, 5.74) is 4.33. The van der Waals surface area contributed by atoms with Gasteiger partial charge in [-0.3, -0.25) is 9.48 Å². The maximum Gasteiger partial charge on any atom is 0.273 e. The van der Waals surface area contributed by atoms with Gasteiger partial charge in [-0.25, -0.2) is 0 Å². The van der Waals surface area contributed by atoms with Gasteiger partial charge in [0.25, 0.3) is 5.56 Å². The van der Waals surface area contributed by atoms with Crippen LogP contribution in [0.15, 0.2) is 59.8 Å². The lowest BCUT2D eigenvalue weighted by atomic mass is 9.82. The topological polar surface area (TPSA) is 51.9 Å². The summed E-state index contributed by atoms with van der Waals surface area (Å²) in [5, 5.41) is 7.89. The maximum atomic E-state index is 13.1. The van der Waals surface area contributed by atoms with Crippen molar-refractivity contribution in [2.24, 2.45) is 7.05 Å². The second-order valence-electron chi connectivity index (χ2n) is 8.50. The number of pyridine rings is 1. The average Bonchev–Trinajstić information content (AvgIpc) is 3.22. The number of nitrogens with zero attached hydrogens (tertiary/aromatic N) is 3. The Morgan fingerprint density at radius 2 is 1.83 bits per heavy atom. The van der Waals surface area contributed by atoms with Crippen LogP contribution in [0, 0.1) is 0 Å². The van der Waals surface area contributed by atoms with Gasteiger partial charge in [-0.2, -0.15) is 5.10 Å². The van der Waals surface area contributed by atoms with Crippen LogP contribution in [0.25, 0.3) is 11.1 Å². The lowest BCUT2D eigenvalue weighted by Crippen LogP contribution is -2.31. The van der Waals surface area contributed by atoms with E-state index in [1.807, 2.05) is 36.3 Å². The van der Waals surface area contributed by atoms with Gasteiger partial charge in [0.05, 0.1) is 6.20 Å². The third-order valence-electron chi connectivity index (χ3n) is 6.23. The van der Waals surface area contributed by atoms with Crippen LogP contribution in [0.5, 0.6) is 0 Å². The van der Waals surface area contributed by atoms with Crippen LogP contribution in [0.4, 0.5) is 5.69 Å². The molecule has 1 aromatic carbocycles. The Morgan fingerprint density at radius 1 is 1.07 bits per heavy atom. The number of unbranched alkanes of at least 4 members (excludes halogenated alkanes) is 1. The van der Waals surface area contributed by atoms with E-state index in [-0.39, 0.29) is 5.56 Å². The quantitative estimate of drug-likeness (QED) is 0.590. The summed E-state index contributed by atoms with van der Waals surface area (Å²) in [6.07, 6.45) is 12.4. The molecule has 0 spiro atoms. The van der Waals surface area contributed by atoms with Gasteiger partial charge in [-0.1, -0.05) is 43.7 Å². The van der Waals surface area contributed by atoms with Crippen molar-refractivity contribution in [1.82, 2.24) is 14.3 Å². The van der Waals surface area contributed by atoms with Crippen molar-refractivity contribution in [2.45, 2.75) is 64.0 Å². The second kappa shape index (κ2) is 9.33. The molecule has 1 N–H and O–H groups in total. The maximum absolute atomic E-state index is 13.1. The van der Waals surface area contributed by atoms with E-state index in [4.69, 9.17) is 0 Å². The van der Waals surface area contributed by atoms with Crippen molar-refractivity contribution < 1.29 is 0 Å². The van der Waals surface area contributed by atoms with Gasteiger partial charge in [0.1, 0.15) is 5.69 Å². The third-order valence-corrected chi connectivity index (χ3v) is 6.23. The smallest absolute Gasteiger partial charge is 0.273 e. The number of benzene rings is 1.